The first kappa shape index (κ1) is 20.4. The molecule has 0 atom stereocenters. The second-order valence-electron chi connectivity index (χ2n) is 9.12. The zero-order chi connectivity index (χ0) is 22.6. The average molecular weight is 431 g/mol. The van der Waals surface area contributed by atoms with Crippen LogP contribution in [0.2, 0.25) is 0 Å². The number of ether oxygens (including phenoxy) is 1. The van der Waals surface area contributed by atoms with Crippen LogP contribution in [0.15, 0.2) is 52.0 Å². The van der Waals surface area contributed by atoms with Gasteiger partial charge in [0.05, 0.1) is 11.1 Å². The van der Waals surface area contributed by atoms with Crippen molar-refractivity contribution in [3.05, 3.63) is 64.2 Å². The van der Waals surface area contributed by atoms with E-state index in [0.29, 0.717) is 41.0 Å². The van der Waals surface area contributed by atoms with Crippen molar-refractivity contribution in [1.29, 1.82) is 0 Å². The summed E-state index contributed by atoms with van der Waals surface area (Å²) < 4.78 is 12.2. The molecule has 0 unspecified atom stereocenters. The molecule has 4 aromatic rings. The van der Waals surface area contributed by atoms with Gasteiger partial charge in [-0.3, -0.25) is 4.79 Å². The summed E-state index contributed by atoms with van der Waals surface area (Å²) in [6.07, 6.45) is 7.75. The second-order valence-corrected chi connectivity index (χ2v) is 9.12. The summed E-state index contributed by atoms with van der Waals surface area (Å²) in [7, 11) is 3.94. The molecule has 0 fully saturated rings. The van der Waals surface area contributed by atoms with E-state index in [2.05, 4.69) is 4.98 Å². The molecule has 0 saturated carbocycles. The monoisotopic (exact) mass is 430 g/mol. The number of aromatic amines is 1. The summed E-state index contributed by atoms with van der Waals surface area (Å²) >= 11 is 0. The predicted molar refractivity (Wildman–Crippen MR) is 127 cm³/mol. The minimum absolute atomic E-state index is 0.0648. The maximum absolute atomic E-state index is 13.6. The van der Waals surface area contributed by atoms with Crippen molar-refractivity contribution in [1.82, 2.24) is 9.88 Å². The maximum Gasteiger partial charge on any atom is 0.204 e. The number of likely N-dealkylation sites (N-methyl/N-ethyl adjacent to an activating group) is 1. The van der Waals surface area contributed by atoms with Crippen LogP contribution in [0.5, 0.6) is 11.5 Å². The van der Waals surface area contributed by atoms with E-state index in [4.69, 9.17) is 9.15 Å². The molecule has 6 nitrogen and oxygen atoms in total. The van der Waals surface area contributed by atoms with Crippen LogP contribution >= 0.6 is 0 Å². The Labute approximate surface area is 185 Å². The summed E-state index contributed by atoms with van der Waals surface area (Å²) in [4.78, 5) is 18.8. The summed E-state index contributed by atoms with van der Waals surface area (Å²) in [6.45, 7) is 4.62. The first-order valence-corrected chi connectivity index (χ1v) is 10.7. The van der Waals surface area contributed by atoms with Gasteiger partial charge in [0.1, 0.15) is 28.7 Å². The van der Waals surface area contributed by atoms with E-state index in [0.717, 1.165) is 16.5 Å². The molecule has 2 aromatic carbocycles. The van der Waals surface area contributed by atoms with Gasteiger partial charge in [0.2, 0.25) is 5.43 Å². The van der Waals surface area contributed by atoms with Crippen molar-refractivity contribution in [3.8, 4) is 22.6 Å². The van der Waals surface area contributed by atoms with Crippen molar-refractivity contribution < 1.29 is 14.3 Å². The van der Waals surface area contributed by atoms with Gasteiger partial charge in [0, 0.05) is 23.8 Å². The number of H-pyrrole nitrogens is 1. The van der Waals surface area contributed by atoms with Gasteiger partial charge in [-0.1, -0.05) is 6.07 Å². The Morgan fingerprint density at radius 2 is 2.00 bits per heavy atom. The van der Waals surface area contributed by atoms with Crippen LogP contribution in [0.3, 0.4) is 0 Å². The smallest absolute Gasteiger partial charge is 0.204 e. The Bertz CT molecular complexity index is 1440. The van der Waals surface area contributed by atoms with Gasteiger partial charge in [-0.2, -0.15) is 0 Å². The van der Waals surface area contributed by atoms with Crippen molar-refractivity contribution in [2.24, 2.45) is 0 Å². The molecule has 6 heteroatoms. The zero-order valence-corrected chi connectivity index (χ0v) is 18.7. The largest absolute Gasteiger partial charge is 0.507 e. The van der Waals surface area contributed by atoms with E-state index < -0.39 is 5.60 Å². The van der Waals surface area contributed by atoms with Gasteiger partial charge in [-0.05, 0) is 75.7 Å². The second kappa shape index (κ2) is 7.28. The molecule has 0 amide bonds. The van der Waals surface area contributed by atoms with E-state index in [1.165, 1.54) is 6.26 Å². The Morgan fingerprint density at radius 1 is 1.19 bits per heavy atom. The molecular formula is C26H26N2O4. The standard InChI is InChI=1S/C26H26N2O4/c1-26(2)10-7-18-24(32-26)17(9-12-28(3)4)22(29)21-23(30)19(14-31-25(18)21)15-5-6-20-16(13-15)8-11-27-20/h5-8,10-11,13-14,27,29H,9,12H2,1-4H3. The molecule has 5 rings (SSSR count). The van der Waals surface area contributed by atoms with Crippen molar-refractivity contribution in [3.63, 3.8) is 0 Å². The average Bonchev–Trinajstić information content (AvgIpc) is 3.20. The number of hydrogen-bond donors (Lipinski definition) is 2. The normalized spacial score (nSPS) is 14.8. The summed E-state index contributed by atoms with van der Waals surface area (Å²) in [6, 6.07) is 7.71. The molecule has 164 valence electrons. The first-order chi connectivity index (χ1) is 15.2. The summed E-state index contributed by atoms with van der Waals surface area (Å²) in [5.41, 5.74) is 3.03. The maximum atomic E-state index is 13.6. The van der Waals surface area contributed by atoms with E-state index in [9.17, 15) is 9.90 Å². The number of rotatable bonds is 4. The lowest BCUT2D eigenvalue weighted by Gasteiger charge is -2.30. The molecule has 2 aromatic heterocycles. The predicted octanol–water partition coefficient (Wildman–Crippen LogP) is 4.94. The number of benzene rings is 2. The Balaban J connectivity index is 1.77. The van der Waals surface area contributed by atoms with Gasteiger partial charge >= 0.3 is 0 Å². The molecule has 3 heterocycles. The van der Waals surface area contributed by atoms with Gasteiger partial charge in [0.15, 0.2) is 5.58 Å². The number of phenolic OH excluding ortho intramolecular Hbond substituents is 1. The molecule has 0 radical (unpaired) electrons. The molecule has 0 bridgehead atoms. The fourth-order valence-electron chi connectivity index (χ4n) is 4.24. The highest BCUT2D eigenvalue weighted by Gasteiger charge is 2.30. The molecule has 0 spiro atoms. The lowest BCUT2D eigenvalue weighted by atomic mass is 9.94. The van der Waals surface area contributed by atoms with Crippen molar-refractivity contribution >= 4 is 27.9 Å². The molecule has 2 N–H and O–H groups in total. The summed E-state index contributed by atoms with van der Waals surface area (Å²) in [5.74, 6) is 0.513. The van der Waals surface area contributed by atoms with Crippen molar-refractivity contribution in [2.75, 3.05) is 20.6 Å². The van der Waals surface area contributed by atoms with Crippen LogP contribution in [-0.2, 0) is 6.42 Å². The number of aromatic hydroxyl groups is 1. The molecular weight excluding hydrogens is 404 g/mol. The minimum Gasteiger partial charge on any atom is -0.507 e. The van der Waals surface area contributed by atoms with E-state index in [-0.39, 0.29) is 16.6 Å². The number of nitrogens with one attached hydrogen (secondary N) is 1. The molecule has 32 heavy (non-hydrogen) atoms. The zero-order valence-electron chi connectivity index (χ0n) is 18.7. The fraction of sp³-hybridized carbons (Fsp3) is 0.269. The van der Waals surface area contributed by atoms with Gasteiger partial charge < -0.3 is 24.1 Å². The van der Waals surface area contributed by atoms with Gasteiger partial charge in [0.25, 0.3) is 0 Å². The van der Waals surface area contributed by atoms with E-state index in [1.54, 1.807) is 0 Å². The fourth-order valence-corrected chi connectivity index (χ4v) is 4.24. The van der Waals surface area contributed by atoms with E-state index in [1.807, 2.05) is 75.5 Å². The Morgan fingerprint density at radius 3 is 2.78 bits per heavy atom. The van der Waals surface area contributed by atoms with Crippen LogP contribution < -0.4 is 10.2 Å². The Hall–Kier alpha value is -3.51. The SMILES string of the molecule is CN(C)CCc1c2c(c3occ(-c4ccc5[nH]ccc5c4)c(=O)c3c1O)C=CC(C)(C)O2. The van der Waals surface area contributed by atoms with E-state index >= 15 is 0 Å². The highest BCUT2D eigenvalue weighted by Crippen LogP contribution is 2.44. The highest BCUT2D eigenvalue weighted by atomic mass is 16.5. The van der Waals surface area contributed by atoms with Crippen LogP contribution in [0.25, 0.3) is 39.1 Å². The van der Waals surface area contributed by atoms with Crippen molar-refractivity contribution in [2.45, 2.75) is 25.9 Å². The topological polar surface area (TPSA) is 78.7 Å². The number of phenols is 1. The van der Waals surface area contributed by atoms with Crippen LogP contribution in [-0.4, -0.2) is 41.2 Å². The third kappa shape index (κ3) is 3.28. The Kier molecular flexibility index (Phi) is 4.64. The van der Waals surface area contributed by atoms with Crippen LogP contribution in [0.1, 0.15) is 25.0 Å². The number of nitrogens with zero attached hydrogens (tertiary/aromatic N) is 1. The number of fused-ring (bicyclic) bond motifs is 4. The first-order valence-electron chi connectivity index (χ1n) is 10.7. The molecule has 0 saturated heterocycles. The summed E-state index contributed by atoms with van der Waals surface area (Å²) in [5, 5.41) is 12.5. The minimum atomic E-state index is -0.522. The third-order valence-corrected chi connectivity index (χ3v) is 5.97. The molecule has 1 aliphatic rings. The van der Waals surface area contributed by atoms with Crippen LogP contribution in [0.4, 0.5) is 0 Å². The highest BCUT2D eigenvalue weighted by molar-refractivity contribution is 5.97. The van der Waals surface area contributed by atoms with Gasteiger partial charge in [-0.15, -0.1) is 0 Å². The molecule has 0 aliphatic carbocycles. The quantitative estimate of drug-likeness (QED) is 0.480. The molecule has 1 aliphatic heterocycles. The number of aromatic nitrogens is 1. The van der Waals surface area contributed by atoms with Gasteiger partial charge in [-0.25, -0.2) is 0 Å². The third-order valence-electron chi connectivity index (χ3n) is 5.97. The number of hydrogen-bond acceptors (Lipinski definition) is 5. The lowest BCUT2D eigenvalue weighted by Crippen LogP contribution is -2.29. The lowest BCUT2D eigenvalue weighted by molar-refractivity contribution is 0.156. The van der Waals surface area contributed by atoms with Crippen LogP contribution in [0, 0.1) is 0 Å².